The summed E-state index contributed by atoms with van der Waals surface area (Å²) in [6.07, 6.45) is -3.23. The van der Waals surface area contributed by atoms with Crippen molar-refractivity contribution in [3.8, 4) is 11.3 Å². The molecule has 1 heterocycles. The van der Waals surface area contributed by atoms with Crippen molar-refractivity contribution < 1.29 is 27.9 Å². The van der Waals surface area contributed by atoms with Crippen molar-refractivity contribution in [3.05, 3.63) is 95.2 Å². The lowest BCUT2D eigenvalue weighted by Gasteiger charge is -2.22. The number of aryl methyl sites for hydroxylation is 2. The number of fused-ring (bicyclic) bond motifs is 1. The van der Waals surface area contributed by atoms with E-state index in [1.807, 2.05) is 31.2 Å². The fraction of sp³-hybridized carbons (Fsp3) is 0.267. The highest BCUT2D eigenvalue weighted by Gasteiger charge is 2.42. The van der Waals surface area contributed by atoms with Gasteiger partial charge in [-0.1, -0.05) is 67.1 Å². The Hall–Kier alpha value is -4.27. The molecule has 3 aromatic carbocycles. The molecule has 39 heavy (non-hydrogen) atoms. The monoisotopic (exact) mass is 535 g/mol. The molecular weight excluding hydrogens is 507 g/mol. The molecule has 202 valence electrons. The largest absolute Gasteiger partial charge is 0.481 e. The fourth-order valence-corrected chi connectivity index (χ4v) is 4.26. The Morgan fingerprint density at radius 3 is 2.28 bits per heavy atom. The minimum absolute atomic E-state index is 0.0236. The van der Waals surface area contributed by atoms with Gasteiger partial charge in [0.15, 0.2) is 6.04 Å². The van der Waals surface area contributed by atoms with Gasteiger partial charge < -0.3 is 10.4 Å². The van der Waals surface area contributed by atoms with Gasteiger partial charge in [0, 0.05) is 11.1 Å². The molecule has 0 spiro atoms. The third kappa shape index (κ3) is 6.79. The number of amides is 1. The minimum Gasteiger partial charge on any atom is -0.481 e. The molecule has 4 aromatic rings. The second-order valence-corrected chi connectivity index (χ2v) is 9.58. The summed E-state index contributed by atoms with van der Waals surface area (Å²) in [6.45, 7) is 3.61. The Morgan fingerprint density at radius 2 is 1.64 bits per heavy atom. The molecule has 0 aliphatic carbocycles. The summed E-state index contributed by atoms with van der Waals surface area (Å²) in [7, 11) is 0. The van der Waals surface area contributed by atoms with Crippen molar-refractivity contribution in [2.24, 2.45) is 5.92 Å². The van der Waals surface area contributed by atoms with E-state index in [1.54, 1.807) is 19.1 Å². The quantitative estimate of drug-likeness (QED) is 0.249. The normalized spacial score (nSPS) is 13.2. The molecule has 2 N–H and O–H groups in total. The molecule has 4 rings (SSSR count). The van der Waals surface area contributed by atoms with Gasteiger partial charge in [-0.3, -0.25) is 9.59 Å². The van der Waals surface area contributed by atoms with Gasteiger partial charge in [-0.2, -0.15) is 13.2 Å². The number of aromatic nitrogens is 2. The number of nitrogens with zero attached hydrogens (tertiary/aromatic N) is 2. The average Bonchev–Trinajstić information content (AvgIpc) is 2.91. The highest BCUT2D eigenvalue weighted by Crippen LogP contribution is 2.33. The van der Waals surface area contributed by atoms with E-state index >= 15 is 0 Å². The summed E-state index contributed by atoms with van der Waals surface area (Å²) in [5.74, 6) is -2.27. The van der Waals surface area contributed by atoms with Crippen molar-refractivity contribution in [1.29, 1.82) is 0 Å². The van der Waals surface area contributed by atoms with E-state index in [1.165, 1.54) is 36.4 Å². The van der Waals surface area contributed by atoms with Crippen molar-refractivity contribution >= 4 is 22.9 Å². The predicted molar refractivity (Wildman–Crippen MR) is 142 cm³/mol. The summed E-state index contributed by atoms with van der Waals surface area (Å²) >= 11 is 0. The molecule has 0 aliphatic heterocycles. The zero-order valence-electron chi connectivity index (χ0n) is 21.5. The lowest BCUT2D eigenvalue weighted by molar-refractivity contribution is -0.155. The van der Waals surface area contributed by atoms with E-state index in [9.17, 15) is 27.9 Å². The Kier molecular flexibility index (Phi) is 8.28. The van der Waals surface area contributed by atoms with Crippen molar-refractivity contribution in [2.45, 2.75) is 45.3 Å². The fourth-order valence-electron chi connectivity index (χ4n) is 4.26. The Bertz CT molecular complexity index is 1470. The van der Waals surface area contributed by atoms with E-state index in [0.717, 1.165) is 11.1 Å². The van der Waals surface area contributed by atoms with Crippen LogP contribution in [0.25, 0.3) is 22.3 Å². The van der Waals surface area contributed by atoms with Crippen LogP contribution >= 0.6 is 0 Å². The first-order chi connectivity index (χ1) is 18.5. The van der Waals surface area contributed by atoms with E-state index in [-0.39, 0.29) is 11.1 Å². The second kappa shape index (κ2) is 11.6. The zero-order chi connectivity index (χ0) is 28.2. The molecule has 0 saturated heterocycles. The smallest absolute Gasteiger partial charge is 0.412 e. The molecule has 1 aromatic heterocycles. The number of carbonyl (C=O) groups is 2. The van der Waals surface area contributed by atoms with Crippen LogP contribution in [0.4, 0.5) is 13.2 Å². The van der Waals surface area contributed by atoms with Gasteiger partial charge >= 0.3 is 12.1 Å². The third-order valence-electron chi connectivity index (χ3n) is 6.53. The number of nitrogens with one attached hydrogen (secondary N) is 1. The summed E-state index contributed by atoms with van der Waals surface area (Å²) in [5, 5.41) is 11.3. The number of hydrogen-bond donors (Lipinski definition) is 2. The number of rotatable bonds is 9. The molecule has 1 unspecified atom stereocenters. The molecule has 0 aliphatic rings. The highest BCUT2D eigenvalue weighted by molar-refractivity contribution is 5.97. The Morgan fingerprint density at radius 1 is 0.949 bits per heavy atom. The number of benzene rings is 3. The first-order valence-electron chi connectivity index (χ1n) is 12.6. The molecule has 0 bridgehead atoms. The third-order valence-corrected chi connectivity index (χ3v) is 6.53. The first-order valence-corrected chi connectivity index (χ1v) is 12.6. The van der Waals surface area contributed by atoms with Crippen LogP contribution in [0.3, 0.4) is 0 Å². The van der Waals surface area contributed by atoms with Crippen LogP contribution in [0.2, 0.25) is 0 Å². The maximum absolute atomic E-state index is 13.8. The average molecular weight is 536 g/mol. The summed E-state index contributed by atoms with van der Waals surface area (Å²) in [4.78, 5) is 33.6. The van der Waals surface area contributed by atoms with E-state index in [0.29, 0.717) is 41.7 Å². The maximum atomic E-state index is 13.8. The first kappa shape index (κ1) is 27.8. The Balaban J connectivity index is 1.67. The predicted octanol–water partition coefficient (Wildman–Crippen LogP) is 6.68. The van der Waals surface area contributed by atoms with Crippen LogP contribution < -0.4 is 5.32 Å². The lowest BCUT2D eigenvalue weighted by atomic mass is 10.00. The van der Waals surface area contributed by atoms with Crippen LogP contribution in [0.1, 0.15) is 53.0 Å². The van der Waals surface area contributed by atoms with E-state index in [4.69, 9.17) is 9.97 Å². The van der Waals surface area contributed by atoms with Crippen LogP contribution in [-0.4, -0.2) is 33.1 Å². The van der Waals surface area contributed by atoms with E-state index < -0.39 is 30.0 Å². The molecular formula is C30H28F3N3O3. The SMILES string of the molecule is Cc1ccc(-c2nc3ccc(C(=O)N[C@@H](c4ccccc4)C(F)(F)F)cc3nc2CCCC(C)C(=O)O)cc1. The lowest BCUT2D eigenvalue weighted by Crippen LogP contribution is -2.38. The van der Waals surface area contributed by atoms with Gasteiger partial charge in [-0.15, -0.1) is 0 Å². The van der Waals surface area contributed by atoms with Gasteiger partial charge in [0.2, 0.25) is 0 Å². The van der Waals surface area contributed by atoms with Crippen LogP contribution in [0.15, 0.2) is 72.8 Å². The number of halogens is 3. The summed E-state index contributed by atoms with van der Waals surface area (Å²) in [6, 6.07) is 17.2. The number of carboxylic acids is 1. The van der Waals surface area contributed by atoms with Gasteiger partial charge in [0.05, 0.1) is 28.3 Å². The van der Waals surface area contributed by atoms with Crippen molar-refractivity contribution in [3.63, 3.8) is 0 Å². The number of carboxylic acid groups (broad SMARTS) is 1. The van der Waals surface area contributed by atoms with Gasteiger partial charge in [-0.05, 0) is 49.9 Å². The molecule has 0 fully saturated rings. The van der Waals surface area contributed by atoms with Gasteiger partial charge in [-0.25, -0.2) is 9.97 Å². The second-order valence-electron chi connectivity index (χ2n) is 9.58. The molecule has 1 amide bonds. The number of aliphatic carboxylic acids is 1. The van der Waals surface area contributed by atoms with Gasteiger partial charge in [0.1, 0.15) is 0 Å². The highest BCUT2D eigenvalue weighted by atomic mass is 19.4. The number of carbonyl (C=O) groups excluding carboxylic acids is 1. The van der Waals surface area contributed by atoms with Gasteiger partial charge in [0.25, 0.3) is 5.91 Å². The zero-order valence-corrected chi connectivity index (χ0v) is 21.5. The standard InChI is InChI=1S/C30H28F3N3O3/c1-18-11-13-20(14-12-18)26-24(10-6-7-19(2)29(38)39)34-25-17-22(15-16-23(25)35-26)28(37)36-27(30(31,32)33)21-8-4-3-5-9-21/h3-5,8-9,11-17,19,27H,6-7,10H2,1-2H3,(H,36,37)(H,38,39)/t19?,27-/m0/s1. The van der Waals surface area contributed by atoms with Crippen LogP contribution in [0.5, 0.6) is 0 Å². The minimum atomic E-state index is -4.68. The summed E-state index contributed by atoms with van der Waals surface area (Å²) in [5.41, 5.74) is 3.99. The molecule has 9 heteroatoms. The molecule has 6 nitrogen and oxygen atoms in total. The maximum Gasteiger partial charge on any atom is 0.412 e. The Labute approximate surface area is 223 Å². The van der Waals surface area contributed by atoms with Crippen molar-refractivity contribution in [1.82, 2.24) is 15.3 Å². The molecule has 2 atom stereocenters. The summed E-state index contributed by atoms with van der Waals surface area (Å²) < 4.78 is 41.3. The molecule has 0 radical (unpaired) electrons. The van der Waals surface area contributed by atoms with E-state index in [2.05, 4.69) is 5.32 Å². The number of hydrogen-bond acceptors (Lipinski definition) is 4. The van der Waals surface area contributed by atoms with Crippen LogP contribution in [-0.2, 0) is 11.2 Å². The number of alkyl halides is 3. The van der Waals surface area contributed by atoms with Crippen molar-refractivity contribution in [2.75, 3.05) is 0 Å². The molecule has 0 saturated carbocycles. The van der Waals surface area contributed by atoms with Crippen LogP contribution in [0, 0.1) is 12.8 Å². The topological polar surface area (TPSA) is 92.2 Å².